The summed E-state index contributed by atoms with van der Waals surface area (Å²) in [6.45, 7) is 2.47. The van der Waals surface area contributed by atoms with Crippen LogP contribution in [0.3, 0.4) is 0 Å². The molecule has 2 saturated heterocycles. The highest BCUT2D eigenvalue weighted by molar-refractivity contribution is 6.01. The standard InChI is InChI=1S/C18H22N2O4/c21-16(14-5-1-3-12-4-2-7-19-15(12)14)20-9-13-10-24-8-6-18(13,11-20)17(22)23/h1,3,5,13,19H,2,4,6-11H2,(H,22,23)/t13-,18+/m1/s1. The van der Waals surface area contributed by atoms with Gasteiger partial charge in [-0.05, 0) is 30.9 Å². The molecule has 0 bridgehead atoms. The van der Waals surface area contributed by atoms with Crippen molar-refractivity contribution in [2.45, 2.75) is 19.3 Å². The van der Waals surface area contributed by atoms with Crippen molar-refractivity contribution < 1.29 is 19.4 Å². The van der Waals surface area contributed by atoms with E-state index in [2.05, 4.69) is 11.4 Å². The number of anilines is 1. The number of carboxylic acid groups (broad SMARTS) is 1. The molecule has 1 aromatic rings. The number of aryl methyl sites for hydroxylation is 1. The van der Waals surface area contributed by atoms with Gasteiger partial charge in [0.05, 0.1) is 23.3 Å². The van der Waals surface area contributed by atoms with Gasteiger partial charge in [0, 0.05) is 32.2 Å². The first kappa shape index (κ1) is 15.4. The van der Waals surface area contributed by atoms with Crippen LogP contribution in [0.25, 0.3) is 0 Å². The van der Waals surface area contributed by atoms with E-state index in [9.17, 15) is 14.7 Å². The van der Waals surface area contributed by atoms with Crippen LogP contribution < -0.4 is 5.32 Å². The number of carbonyl (C=O) groups is 2. The van der Waals surface area contributed by atoms with Crippen molar-refractivity contribution in [1.82, 2.24) is 4.90 Å². The number of aliphatic carboxylic acids is 1. The summed E-state index contributed by atoms with van der Waals surface area (Å²) in [5.74, 6) is -1.00. The quantitative estimate of drug-likeness (QED) is 0.861. The van der Waals surface area contributed by atoms with Crippen LogP contribution in [-0.2, 0) is 16.0 Å². The number of carboxylic acids is 1. The van der Waals surface area contributed by atoms with Gasteiger partial charge in [0.1, 0.15) is 0 Å². The Morgan fingerprint density at radius 3 is 3.04 bits per heavy atom. The first-order valence-electron chi connectivity index (χ1n) is 8.58. The molecular weight excluding hydrogens is 308 g/mol. The maximum atomic E-state index is 13.1. The summed E-state index contributed by atoms with van der Waals surface area (Å²) in [4.78, 5) is 26.7. The van der Waals surface area contributed by atoms with Crippen LogP contribution in [0.1, 0.15) is 28.8 Å². The van der Waals surface area contributed by atoms with Gasteiger partial charge in [0.25, 0.3) is 5.91 Å². The fraction of sp³-hybridized carbons (Fsp3) is 0.556. The SMILES string of the molecule is O=C(c1cccc2c1NCCC2)N1C[C@@H]2COCC[C@]2(C(=O)O)C1. The molecule has 4 rings (SSSR count). The number of benzene rings is 1. The van der Waals surface area contributed by atoms with Crippen molar-refractivity contribution in [3.8, 4) is 0 Å². The van der Waals surface area contributed by atoms with Crippen LogP contribution in [0.2, 0.25) is 0 Å². The van der Waals surface area contributed by atoms with Crippen molar-refractivity contribution in [2.75, 3.05) is 38.2 Å². The molecule has 0 saturated carbocycles. The summed E-state index contributed by atoms with van der Waals surface area (Å²) in [5.41, 5.74) is 1.90. The fourth-order valence-corrected chi connectivity index (χ4v) is 4.31. The zero-order valence-corrected chi connectivity index (χ0v) is 13.6. The number of nitrogens with zero attached hydrogens (tertiary/aromatic N) is 1. The molecule has 24 heavy (non-hydrogen) atoms. The van der Waals surface area contributed by atoms with E-state index >= 15 is 0 Å². The Bertz CT molecular complexity index is 690. The van der Waals surface area contributed by atoms with Gasteiger partial charge in [-0.3, -0.25) is 9.59 Å². The molecule has 1 aromatic carbocycles. The van der Waals surface area contributed by atoms with Crippen LogP contribution in [0, 0.1) is 11.3 Å². The normalized spacial score (nSPS) is 28.7. The number of ether oxygens (including phenoxy) is 1. The molecule has 0 aromatic heterocycles. The van der Waals surface area contributed by atoms with Gasteiger partial charge in [-0.2, -0.15) is 0 Å². The predicted molar refractivity (Wildman–Crippen MR) is 88.2 cm³/mol. The topological polar surface area (TPSA) is 78.9 Å². The minimum absolute atomic E-state index is 0.0729. The number of nitrogens with one attached hydrogen (secondary N) is 1. The Labute approximate surface area is 140 Å². The Balaban J connectivity index is 1.63. The minimum Gasteiger partial charge on any atom is -0.481 e. The summed E-state index contributed by atoms with van der Waals surface area (Å²) < 4.78 is 5.47. The largest absolute Gasteiger partial charge is 0.481 e. The van der Waals surface area contributed by atoms with Gasteiger partial charge in [-0.15, -0.1) is 0 Å². The second kappa shape index (κ2) is 5.77. The zero-order chi connectivity index (χ0) is 16.7. The summed E-state index contributed by atoms with van der Waals surface area (Å²) in [6.07, 6.45) is 2.51. The molecule has 0 aliphatic carbocycles. The lowest BCUT2D eigenvalue weighted by atomic mass is 9.74. The third kappa shape index (κ3) is 2.28. The first-order valence-corrected chi connectivity index (χ1v) is 8.58. The van der Waals surface area contributed by atoms with E-state index in [4.69, 9.17) is 4.74 Å². The average molecular weight is 330 g/mol. The molecule has 6 heteroatoms. The first-order chi connectivity index (χ1) is 11.6. The highest BCUT2D eigenvalue weighted by atomic mass is 16.5. The molecule has 2 N–H and O–H groups in total. The van der Waals surface area contributed by atoms with E-state index in [0.717, 1.165) is 25.1 Å². The lowest BCUT2D eigenvalue weighted by Crippen LogP contribution is -2.45. The van der Waals surface area contributed by atoms with Crippen LogP contribution in [-0.4, -0.2) is 54.7 Å². The van der Waals surface area contributed by atoms with E-state index in [1.54, 1.807) is 4.90 Å². The van der Waals surface area contributed by atoms with Crippen LogP contribution in [0.15, 0.2) is 18.2 Å². The number of amides is 1. The van der Waals surface area contributed by atoms with Gasteiger partial charge in [0.2, 0.25) is 0 Å². The van der Waals surface area contributed by atoms with Crippen molar-refractivity contribution >= 4 is 17.6 Å². The minimum atomic E-state index is -0.851. The summed E-state index contributed by atoms with van der Waals surface area (Å²) in [5, 5.41) is 13.1. The molecule has 1 amide bonds. The molecular formula is C18H22N2O4. The van der Waals surface area contributed by atoms with E-state index in [1.807, 2.05) is 12.1 Å². The summed E-state index contributed by atoms with van der Waals surface area (Å²) in [6, 6.07) is 5.80. The van der Waals surface area contributed by atoms with Crippen molar-refractivity contribution in [1.29, 1.82) is 0 Å². The van der Waals surface area contributed by atoms with Gasteiger partial charge in [-0.1, -0.05) is 12.1 Å². The van der Waals surface area contributed by atoms with Gasteiger partial charge >= 0.3 is 5.97 Å². The molecule has 128 valence electrons. The van der Waals surface area contributed by atoms with Crippen LogP contribution in [0.5, 0.6) is 0 Å². The Kier molecular flexibility index (Phi) is 3.72. The van der Waals surface area contributed by atoms with Gasteiger partial charge in [-0.25, -0.2) is 0 Å². The van der Waals surface area contributed by atoms with Gasteiger partial charge < -0.3 is 20.1 Å². The Hall–Kier alpha value is -2.08. The number of hydrogen-bond donors (Lipinski definition) is 2. The second-order valence-electron chi connectivity index (χ2n) is 7.04. The van der Waals surface area contributed by atoms with E-state index < -0.39 is 11.4 Å². The second-order valence-corrected chi connectivity index (χ2v) is 7.04. The molecule has 3 aliphatic rings. The highest BCUT2D eigenvalue weighted by Gasteiger charge is 2.55. The monoisotopic (exact) mass is 330 g/mol. The molecule has 0 spiro atoms. The molecule has 3 aliphatic heterocycles. The summed E-state index contributed by atoms with van der Waals surface area (Å²) >= 11 is 0. The highest BCUT2D eigenvalue weighted by Crippen LogP contribution is 2.43. The number of rotatable bonds is 2. The summed E-state index contributed by atoms with van der Waals surface area (Å²) in [7, 11) is 0. The van der Waals surface area contributed by atoms with Crippen molar-refractivity contribution in [3.05, 3.63) is 29.3 Å². The van der Waals surface area contributed by atoms with Crippen molar-refractivity contribution in [2.24, 2.45) is 11.3 Å². The maximum Gasteiger partial charge on any atom is 0.311 e. The predicted octanol–water partition coefficient (Wildman–Crippen LogP) is 1.61. The molecule has 6 nitrogen and oxygen atoms in total. The zero-order valence-electron chi connectivity index (χ0n) is 13.6. The Morgan fingerprint density at radius 1 is 1.38 bits per heavy atom. The third-order valence-corrected chi connectivity index (χ3v) is 5.73. The number of likely N-dealkylation sites (tertiary alicyclic amines) is 1. The fourth-order valence-electron chi connectivity index (χ4n) is 4.31. The number of carbonyl (C=O) groups excluding carboxylic acids is 1. The van der Waals surface area contributed by atoms with Crippen LogP contribution in [0.4, 0.5) is 5.69 Å². The number of fused-ring (bicyclic) bond motifs is 2. The molecule has 3 heterocycles. The Morgan fingerprint density at radius 2 is 2.25 bits per heavy atom. The van der Waals surface area contributed by atoms with E-state index in [0.29, 0.717) is 31.7 Å². The average Bonchev–Trinajstić information content (AvgIpc) is 3.02. The van der Waals surface area contributed by atoms with Crippen LogP contribution >= 0.6 is 0 Å². The number of hydrogen-bond acceptors (Lipinski definition) is 4. The lowest BCUT2D eigenvalue weighted by Gasteiger charge is -2.33. The molecule has 2 atom stereocenters. The third-order valence-electron chi connectivity index (χ3n) is 5.73. The van der Waals surface area contributed by atoms with Crippen molar-refractivity contribution in [3.63, 3.8) is 0 Å². The lowest BCUT2D eigenvalue weighted by molar-refractivity contribution is -0.157. The van der Waals surface area contributed by atoms with Gasteiger partial charge in [0.15, 0.2) is 0 Å². The molecule has 0 unspecified atom stereocenters. The smallest absolute Gasteiger partial charge is 0.311 e. The maximum absolute atomic E-state index is 13.1. The number of para-hydroxylation sites is 1. The molecule has 2 fully saturated rings. The van der Waals surface area contributed by atoms with E-state index in [1.165, 1.54) is 5.56 Å². The molecule has 0 radical (unpaired) electrons. The van der Waals surface area contributed by atoms with E-state index in [-0.39, 0.29) is 18.4 Å².